The van der Waals surface area contributed by atoms with Crippen molar-refractivity contribution in [1.82, 2.24) is 25.5 Å². The van der Waals surface area contributed by atoms with Crippen molar-refractivity contribution in [2.45, 2.75) is 25.0 Å². The Hall–Kier alpha value is -3.07. The van der Waals surface area contributed by atoms with E-state index in [4.69, 9.17) is 4.74 Å². The quantitative estimate of drug-likeness (QED) is 0.547. The van der Waals surface area contributed by atoms with E-state index in [1.54, 1.807) is 31.4 Å². The number of tetrazole rings is 1. The normalized spacial score (nSPS) is 12.0. The topological polar surface area (TPSA) is 102 Å². The van der Waals surface area contributed by atoms with Crippen LogP contribution in [0.1, 0.15) is 25.5 Å². The zero-order chi connectivity index (χ0) is 20.8. The maximum atomic E-state index is 12.6. The Morgan fingerprint density at radius 1 is 1.17 bits per heavy atom. The van der Waals surface area contributed by atoms with Gasteiger partial charge in [-0.1, -0.05) is 37.7 Å². The van der Waals surface area contributed by atoms with Crippen molar-refractivity contribution in [1.29, 1.82) is 0 Å². The number of amides is 1. The zero-order valence-corrected chi connectivity index (χ0v) is 17.3. The highest BCUT2D eigenvalue weighted by molar-refractivity contribution is 7.99. The molecule has 0 radical (unpaired) electrons. The van der Waals surface area contributed by atoms with Gasteiger partial charge in [-0.05, 0) is 58.3 Å². The van der Waals surface area contributed by atoms with Gasteiger partial charge in [0.05, 0.1) is 24.6 Å². The summed E-state index contributed by atoms with van der Waals surface area (Å²) in [5.41, 5.74) is 1.72. The lowest BCUT2D eigenvalue weighted by Gasteiger charge is -2.23. The van der Waals surface area contributed by atoms with Gasteiger partial charge in [0.15, 0.2) is 0 Å². The number of phenolic OH excluding ortho intramolecular Hbond substituents is 1. The van der Waals surface area contributed by atoms with Gasteiger partial charge in [0.25, 0.3) is 0 Å². The number of carbonyl (C=O) groups excluding carboxylic acids is 1. The third kappa shape index (κ3) is 5.26. The molecule has 1 heterocycles. The first-order valence-electron chi connectivity index (χ1n) is 9.12. The Morgan fingerprint density at radius 2 is 1.86 bits per heavy atom. The summed E-state index contributed by atoms with van der Waals surface area (Å²) < 4.78 is 6.73. The van der Waals surface area contributed by atoms with Crippen LogP contribution in [0.4, 0.5) is 0 Å². The first-order chi connectivity index (χ1) is 14.0. The van der Waals surface area contributed by atoms with Crippen molar-refractivity contribution in [2.24, 2.45) is 5.92 Å². The summed E-state index contributed by atoms with van der Waals surface area (Å²) in [7, 11) is 1.62. The summed E-state index contributed by atoms with van der Waals surface area (Å²) >= 11 is 1.25. The standard InChI is InChI=1S/C20H23N5O3S/c1-13(2)19(14-4-10-17(28-3)11-5-14)21-18(27)12-29-20-22-23-24-25(20)15-6-8-16(26)9-7-15/h4-11,13,19,26H,12H2,1-3H3,(H,21,27). The average molecular weight is 414 g/mol. The fourth-order valence-corrected chi connectivity index (χ4v) is 3.52. The number of rotatable bonds is 8. The molecule has 0 spiro atoms. The molecule has 1 atom stereocenters. The minimum Gasteiger partial charge on any atom is -0.508 e. The van der Waals surface area contributed by atoms with Crippen LogP contribution in [-0.4, -0.2) is 44.1 Å². The predicted molar refractivity (Wildman–Crippen MR) is 110 cm³/mol. The third-order valence-electron chi connectivity index (χ3n) is 4.33. The van der Waals surface area contributed by atoms with Crippen molar-refractivity contribution in [3.63, 3.8) is 0 Å². The first kappa shape index (κ1) is 20.7. The lowest BCUT2D eigenvalue weighted by atomic mass is 9.96. The lowest BCUT2D eigenvalue weighted by Crippen LogP contribution is -2.33. The second-order valence-corrected chi connectivity index (χ2v) is 7.68. The molecule has 3 aromatic rings. The van der Waals surface area contributed by atoms with E-state index in [0.29, 0.717) is 10.8 Å². The third-order valence-corrected chi connectivity index (χ3v) is 5.24. The Kier molecular flexibility index (Phi) is 6.71. The molecular formula is C20H23N5O3S. The minimum atomic E-state index is -0.109. The second kappa shape index (κ2) is 9.42. The number of aromatic nitrogens is 4. The SMILES string of the molecule is COc1ccc(C(NC(=O)CSc2nnnn2-c2ccc(O)cc2)C(C)C)cc1. The summed E-state index contributed by atoms with van der Waals surface area (Å²) in [5.74, 6) is 1.23. The number of nitrogens with zero attached hydrogens (tertiary/aromatic N) is 4. The van der Waals surface area contributed by atoms with Crippen LogP contribution in [0.15, 0.2) is 53.7 Å². The highest BCUT2D eigenvalue weighted by Crippen LogP contribution is 2.25. The number of thioether (sulfide) groups is 1. The summed E-state index contributed by atoms with van der Waals surface area (Å²) in [6.45, 7) is 4.13. The molecular weight excluding hydrogens is 390 g/mol. The summed E-state index contributed by atoms with van der Waals surface area (Å²) in [6.07, 6.45) is 0. The number of hydrogen-bond acceptors (Lipinski definition) is 7. The van der Waals surface area contributed by atoms with E-state index in [1.165, 1.54) is 16.4 Å². The largest absolute Gasteiger partial charge is 0.508 e. The van der Waals surface area contributed by atoms with Gasteiger partial charge in [-0.2, -0.15) is 4.68 Å². The van der Waals surface area contributed by atoms with Gasteiger partial charge in [-0.3, -0.25) is 4.79 Å². The molecule has 1 aromatic heterocycles. The molecule has 3 rings (SSSR count). The molecule has 29 heavy (non-hydrogen) atoms. The smallest absolute Gasteiger partial charge is 0.230 e. The summed E-state index contributed by atoms with van der Waals surface area (Å²) in [5, 5.41) is 24.6. The van der Waals surface area contributed by atoms with Crippen molar-refractivity contribution in [3.8, 4) is 17.2 Å². The summed E-state index contributed by atoms with van der Waals surface area (Å²) in [6, 6.07) is 14.1. The highest BCUT2D eigenvalue weighted by Gasteiger charge is 2.19. The number of phenols is 1. The second-order valence-electron chi connectivity index (χ2n) is 6.74. The number of hydrogen-bond donors (Lipinski definition) is 2. The van der Waals surface area contributed by atoms with Crippen LogP contribution < -0.4 is 10.1 Å². The van der Waals surface area contributed by atoms with Crippen molar-refractivity contribution in [3.05, 3.63) is 54.1 Å². The van der Waals surface area contributed by atoms with Gasteiger partial charge in [-0.25, -0.2) is 0 Å². The molecule has 152 valence electrons. The number of carbonyl (C=O) groups is 1. The molecule has 1 unspecified atom stereocenters. The van der Waals surface area contributed by atoms with Crippen molar-refractivity contribution in [2.75, 3.05) is 12.9 Å². The monoisotopic (exact) mass is 413 g/mol. The number of methoxy groups -OCH3 is 1. The van der Waals surface area contributed by atoms with Crippen LogP contribution in [-0.2, 0) is 4.79 Å². The molecule has 0 aliphatic heterocycles. The molecule has 0 aliphatic carbocycles. The maximum Gasteiger partial charge on any atom is 0.230 e. The fourth-order valence-electron chi connectivity index (χ4n) is 2.82. The van der Waals surface area contributed by atoms with Gasteiger partial charge in [0.1, 0.15) is 11.5 Å². The number of nitrogens with one attached hydrogen (secondary N) is 1. The molecule has 0 saturated carbocycles. The van der Waals surface area contributed by atoms with Gasteiger partial charge >= 0.3 is 0 Å². The molecule has 0 aliphatic rings. The van der Waals surface area contributed by atoms with E-state index < -0.39 is 0 Å². The van der Waals surface area contributed by atoms with Crippen LogP contribution in [0.3, 0.4) is 0 Å². The molecule has 0 fully saturated rings. The van der Waals surface area contributed by atoms with Crippen molar-refractivity contribution >= 4 is 17.7 Å². The molecule has 2 N–H and O–H groups in total. The van der Waals surface area contributed by atoms with Gasteiger partial charge in [0.2, 0.25) is 11.1 Å². The molecule has 2 aromatic carbocycles. The van der Waals surface area contributed by atoms with Crippen LogP contribution in [0.25, 0.3) is 5.69 Å². The Bertz CT molecular complexity index is 942. The van der Waals surface area contributed by atoms with Crippen LogP contribution >= 0.6 is 11.8 Å². The Balaban J connectivity index is 1.64. The van der Waals surface area contributed by atoms with E-state index >= 15 is 0 Å². The van der Waals surface area contributed by atoms with E-state index in [1.807, 2.05) is 24.3 Å². The average Bonchev–Trinajstić information content (AvgIpc) is 3.19. The predicted octanol–water partition coefficient (Wildman–Crippen LogP) is 2.98. The van der Waals surface area contributed by atoms with E-state index in [2.05, 4.69) is 34.7 Å². The Morgan fingerprint density at radius 3 is 2.48 bits per heavy atom. The lowest BCUT2D eigenvalue weighted by molar-refractivity contribution is -0.119. The zero-order valence-electron chi connectivity index (χ0n) is 16.4. The number of ether oxygens (including phenoxy) is 1. The summed E-state index contributed by atoms with van der Waals surface area (Å²) in [4.78, 5) is 12.6. The molecule has 8 nitrogen and oxygen atoms in total. The fraction of sp³-hybridized carbons (Fsp3) is 0.300. The van der Waals surface area contributed by atoms with Crippen LogP contribution in [0.2, 0.25) is 0 Å². The van der Waals surface area contributed by atoms with Crippen LogP contribution in [0, 0.1) is 5.92 Å². The highest BCUT2D eigenvalue weighted by atomic mass is 32.2. The number of aromatic hydroxyl groups is 1. The first-order valence-corrected chi connectivity index (χ1v) is 10.1. The minimum absolute atomic E-state index is 0.107. The molecule has 9 heteroatoms. The molecule has 0 saturated heterocycles. The van der Waals surface area contributed by atoms with Gasteiger partial charge < -0.3 is 15.2 Å². The van der Waals surface area contributed by atoms with E-state index in [0.717, 1.165) is 11.3 Å². The maximum absolute atomic E-state index is 12.6. The van der Waals surface area contributed by atoms with E-state index in [-0.39, 0.29) is 29.4 Å². The molecule has 0 bridgehead atoms. The van der Waals surface area contributed by atoms with Crippen LogP contribution in [0.5, 0.6) is 11.5 Å². The Labute approximate surface area is 173 Å². The number of benzene rings is 2. The van der Waals surface area contributed by atoms with Crippen molar-refractivity contribution < 1.29 is 14.6 Å². The van der Waals surface area contributed by atoms with E-state index in [9.17, 15) is 9.90 Å². The van der Waals surface area contributed by atoms with Gasteiger partial charge in [-0.15, -0.1) is 5.10 Å². The molecule has 1 amide bonds. The van der Waals surface area contributed by atoms with Gasteiger partial charge in [0, 0.05) is 0 Å².